The highest BCUT2D eigenvalue weighted by Crippen LogP contribution is 2.25. The van der Waals surface area contributed by atoms with E-state index in [9.17, 15) is 4.21 Å². The lowest BCUT2D eigenvalue weighted by molar-refractivity contribution is 0.590. The highest BCUT2D eigenvalue weighted by molar-refractivity contribution is 7.85. The summed E-state index contributed by atoms with van der Waals surface area (Å²) in [6, 6.07) is 9.00. The highest BCUT2D eigenvalue weighted by atomic mass is 32.2. The Morgan fingerprint density at radius 3 is 2.40 bits per heavy atom. The SMILES string of the molecule is CCNC(CS(=O)C1CCCC1)c1ccc(CC)cc1. The van der Waals surface area contributed by atoms with Crippen molar-refractivity contribution >= 4 is 10.8 Å². The van der Waals surface area contributed by atoms with E-state index in [1.807, 2.05) is 0 Å². The van der Waals surface area contributed by atoms with Gasteiger partial charge in [-0.05, 0) is 36.9 Å². The predicted molar refractivity (Wildman–Crippen MR) is 87.5 cm³/mol. The van der Waals surface area contributed by atoms with E-state index >= 15 is 0 Å². The minimum absolute atomic E-state index is 0.229. The van der Waals surface area contributed by atoms with Crippen molar-refractivity contribution in [1.82, 2.24) is 5.32 Å². The third kappa shape index (κ3) is 4.16. The summed E-state index contributed by atoms with van der Waals surface area (Å²) < 4.78 is 12.5. The fraction of sp³-hybridized carbons (Fsp3) is 0.647. The molecule has 20 heavy (non-hydrogen) atoms. The smallest absolute Gasteiger partial charge is 0.0436 e. The highest BCUT2D eigenvalue weighted by Gasteiger charge is 2.24. The summed E-state index contributed by atoms with van der Waals surface area (Å²) in [5.41, 5.74) is 2.64. The van der Waals surface area contributed by atoms with Crippen LogP contribution < -0.4 is 5.32 Å². The molecule has 0 spiro atoms. The fourth-order valence-corrected chi connectivity index (χ4v) is 4.73. The van der Waals surface area contributed by atoms with Crippen LogP contribution in [0.15, 0.2) is 24.3 Å². The van der Waals surface area contributed by atoms with Crippen LogP contribution in [0.1, 0.15) is 56.7 Å². The van der Waals surface area contributed by atoms with Crippen molar-refractivity contribution in [2.24, 2.45) is 0 Å². The zero-order valence-electron chi connectivity index (χ0n) is 12.7. The van der Waals surface area contributed by atoms with Crippen molar-refractivity contribution < 1.29 is 4.21 Å². The van der Waals surface area contributed by atoms with E-state index in [1.165, 1.54) is 24.0 Å². The Kier molecular flexibility index (Phi) is 6.24. The van der Waals surface area contributed by atoms with Gasteiger partial charge in [0.05, 0.1) is 0 Å². The molecule has 1 aromatic carbocycles. The van der Waals surface area contributed by atoms with Gasteiger partial charge < -0.3 is 5.32 Å². The summed E-state index contributed by atoms with van der Waals surface area (Å²) in [7, 11) is -0.697. The molecular formula is C17H27NOS. The number of rotatable bonds is 7. The lowest BCUT2D eigenvalue weighted by atomic mass is 10.0. The van der Waals surface area contributed by atoms with Gasteiger partial charge in [-0.15, -0.1) is 0 Å². The van der Waals surface area contributed by atoms with E-state index < -0.39 is 10.8 Å². The first kappa shape index (κ1) is 15.7. The molecule has 0 radical (unpaired) electrons. The minimum atomic E-state index is -0.697. The molecule has 0 amide bonds. The molecule has 2 nitrogen and oxygen atoms in total. The summed E-state index contributed by atoms with van der Waals surface area (Å²) in [5.74, 6) is 0.754. The average molecular weight is 293 g/mol. The van der Waals surface area contributed by atoms with Gasteiger partial charge in [-0.1, -0.05) is 51.0 Å². The molecule has 112 valence electrons. The standard InChI is InChI=1S/C17H27NOS/c1-3-14-9-11-15(12-10-14)17(18-4-2)13-20(19)16-7-5-6-8-16/h9-12,16-18H,3-8,13H2,1-2H3. The van der Waals surface area contributed by atoms with Gasteiger partial charge in [0, 0.05) is 27.8 Å². The Hall–Kier alpha value is -0.670. The number of benzene rings is 1. The van der Waals surface area contributed by atoms with Gasteiger partial charge in [0.2, 0.25) is 0 Å². The van der Waals surface area contributed by atoms with Gasteiger partial charge in [0.25, 0.3) is 0 Å². The van der Waals surface area contributed by atoms with Gasteiger partial charge in [-0.2, -0.15) is 0 Å². The Labute approximate surface area is 125 Å². The average Bonchev–Trinajstić information content (AvgIpc) is 3.01. The van der Waals surface area contributed by atoms with E-state index in [0.29, 0.717) is 5.25 Å². The molecule has 0 saturated heterocycles. The van der Waals surface area contributed by atoms with Crippen LogP contribution in [-0.4, -0.2) is 21.8 Å². The van der Waals surface area contributed by atoms with Crippen LogP contribution in [0.2, 0.25) is 0 Å². The molecule has 0 aromatic heterocycles. The predicted octanol–water partition coefficient (Wildman–Crippen LogP) is 3.59. The maximum atomic E-state index is 12.5. The number of hydrogen-bond donors (Lipinski definition) is 1. The van der Waals surface area contributed by atoms with Crippen molar-refractivity contribution in [2.45, 2.75) is 57.2 Å². The largest absolute Gasteiger partial charge is 0.309 e. The van der Waals surface area contributed by atoms with Crippen LogP contribution in [0, 0.1) is 0 Å². The Morgan fingerprint density at radius 1 is 1.20 bits per heavy atom. The van der Waals surface area contributed by atoms with Crippen LogP contribution in [0.5, 0.6) is 0 Å². The molecule has 2 unspecified atom stereocenters. The first-order valence-corrected chi connectivity index (χ1v) is 9.32. The van der Waals surface area contributed by atoms with Crippen LogP contribution >= 0.6 is 0 Å². The van der Waals surface area contributed by atoms with Gasteiger partial charge in [0.15, 0.2) is 0 Å². The van der Waals surface area contributed by atoms with E-state index in [1.54, 1.807) is 0 Å². The van der Waals surface area contributed by atoms with Gasteiger partial charge >= 0.3 is 0 Å². The quantitative estimate of drug-likeness (QED) is 0.832. The minimum Gasteiger partial charge on any atom is -0.309 e. The first-order valence-electron chi connectivity index (χ1n) is 7.94. The lowest BCUT2D eigenvalue weighted by Crippen LogP contribution is -2.29. The third-order valence-corrected chi connectivity index (χ3v) is 6.12. The summed E-state index contributed by atoms with van der Waals surface area (Å²) in [6.07, 6.45) is 5.89. The molecular weight excluding hydrogens is 266 g/mol. The van der Waals surface area contributed by atoms with E-state index in [0.717, 1.165) is 31.6 Å². The van der Waals surface area contributed by atoms with E-state index in [4.69, 9.17) is 0 Å². The molecule has 0 heterocycles. The fourth-order valence-electron chi connectivity index (χ4n) is 2.96. The molecule has 2 atom stereocenters. The summed E-state index contributed by atoms with van der Waals surface area (Å²) in [5, 5.41) is 3.93. The number of hydrogen-bond acceptors (Lipinski definition) is 2. The lowest BCUT2D eigenvalue weighted by Gasteiger charge is -2.20. The molecule has 1 aliphatic carbocycles. The van der Waals surface area contributed by atoms with Gasteiger partial charge in [-0.3, -0.25) is 4.21 Å². The molecule has 2 rings (SSSR count). The number of aryl methyl sites for hydroxylation is 1. The maximum absolute atomic E-state index is 12.5. The van der Waals surface area contributed by atoms with E-state index in [-0.39, 0.29) is 6.04 Å². The zero-order chi connectivity index (χ0) is 14.4. The monoisotopic (exact) mass is 293 g/mol. The van der Waals surface area contributed by atoms with Gasteiger partial charge in [0.1, 0.15) is 0 Å². The molecule has 1 N–H and O–H groups in total. The molecule has 1 fully saturated rings. The molecule has 0 bridgehead atoms. The molecule has 1 aromatic rings. The van der Waals surface area contributed by atoms with Crippen molar-refractivity contribution in [3.05, 3.63) is 35.4 Å². The van der Waals surface area contributed by atoms with E-state index in [2.05, 4.69) is 43.4 Å². The Balaban J connectivity index is 2.03. The second-order valence-electron chi connectivity index (χ2n) is 5.66. The van der Waals surface area contributed by atoms with Gasteiger partial charge in [-0.25, -0.2) is 0 Å². The second kappa shape index (κ2) is 7.94. The second-order valence-corrected chi connectivity index (χ2v) is 7.42. The summed E-state index contributed by atoms with van der Waals surface area (Å²) in [4.78, 5) is 0. The molecule has 3 heteroatoms. The van der Waals surface area contributed by atoms with Crippen molar-refractivity contribution in [1.29, 1.82) is 0 Å². The molecule has 1 saturated carbocycles. The van der Waals surface area contributed by atoms with Crippen molar-refractivity contribution in [2.75, 3.05) is 12.3 Å². The first-order chi connectivity index (χ1) is 9.74. The number of nitrogens with one attached hydrogen (secondary N) is 1. The molecule has 1 aliphatic rings. The Bertz CT molecular complexity index is 423. The molecule has 0 aliphatic heterocycles. The van der Waals surface area contributed by atoms with Crippen LogP contribution in [0.3, 0.4) is 0 Å². The summed E-state index contributed by atoms with van der Waals surface area (Å²) in [6.45, 7) is 5.21. The zero-order valence-corrected chi connectivity index (χ0v) is 13.5. The third-order valence-electron chi connectivity index (χ3n) is 4.25. The maximum Gasteiger partial charge on any atom is 0.0436 e. The Morgan fingerprint density at radius 2 is 1.85 bits per heavy atom. The topological polar surface area (TPSA) is 29.1 Å². The van der Waals surface area contributed by atoms with Crippen LogP contribution in [-0.2, 0) is 17.2 Å². The van der Waals surface area contributed by atoms with Crippen molar-refractivity contribution in [3.63, 3.8) is 0 Å². The van der Waals surface area contributed by atoms with Crippen molar-refractivity contribution in [3.8, 4) is 0 Å². The van der Waals surface area contributed by atoms with Crippen LogP contribution in [0.4, 0.5) is 0 Å². The van der Waals surface area contributed by atoms with Crippen LogP contribution in [0.25, 0.3) is 0 Å². The summed E-state index contributed by atoms with van der Waals surface area (Å²) >= 11 is 0. The normalized spacial score (nSPS) is 19.1.